The molecule has 0 unspecified atom stereocenters. The van der Waals surface area contributed by atoms with Gasteiger partial charge in [0.15, 0.2) is 11.5 Å². The lowest BCUT2D eigenvalue weighted by Crippen LogP contribution is -2.27. The van der Waals surface area contributed by atoms with Crippen molar-refractivity contribution in [1.82, 2.24) is 10.3 Å². The maximum Gasteiger partial charge on any atom is 0.513 e. The fourth-order valence-electron chi connectivity index (χ4n) is 3.69. The van der Waals surface area contributed by atoms with E-state index in [1.807, 2.05) is 47.4 Å². The van der Waals surface area contributed by atoms with E-state index in [2.05, 4.69) is 15.3 Å². The summed E-state index contributed by atoms with van der Waals surface area (Å²) in [6, 6.07) is 21.8. The first-order chi connectivity index (χ1) is 18.0. The molecule has 4 rings (SSSR count). The van der Waals surface area contributed by atoms with Crippen LogP contribution < -0.4 is 14.9 Å². The number of methoxy groups -OCH3 is 2. The number of rotatable bonds is 8. The van der Waals surface area contributed by atoms with Gasteiger partial charge in [-0.2, -0.15) is 5.10 Å². The molecule has 37 heavy (non-hydrogen) atoms. The van der Waals surface area contributed by atoms with E-state index < -0.39 is 6.16 Å². The molecular weight excluding hydrogens is 494 g/mol. The summed E-state index contributed by atoms with van der Waals surface area (Å²) in [5, 5.41) is 3.89. The van der Waals surface area contributed by atoms with Gasteiger partial charge in [-0.15, -0.1) is 11.8 Å². The fraction of sp³-hybridized carbons (Fsp3) is 0.185. The quantitative estimate of drug-likeness (QED) is 0.204. The zero-order valence-electron chi connectivity index (χ0n) is 20.2. The molecule has 0 radical (unpaired) electrons. The van der Waals surface area contributed by atoms with Crippen LogP contribution in [0.5, 0.6) is 11.5 Å². The molecule has 0 saturated carbocycles. The van der Waals surface area contributed by atoms with E-state index in [9.17, 15) is 14.4 Å². The van der Waals surface area contributed by atoms with Gasteiger partial charge in [-0.1, -0.05) is 42.5 Å². The molecule has 2 amide bonds. The number of ether oxygens (including phenoxy) is 3. The molecule has 1 heterocycles. The molecule has 1 saturated heterocycles. The Hall–Kier alpha value is -4.31. The van der Waals surface area contributed by atoms with Gasteiger partial charge in [0.1, 0.15) is 5.37 Å². The van der Waals surface area contributed by atoms with E-state index in [1.54, 1.807) is 36.0 Å². The average molecular weight is 520 g/mol. The SMILES string of the molecule is COC(=O)Oc1ccc(/C=N\NC(=O)c2ccc([C@@H]3SCC(=O)N3Cc3ccccc3)cc2)cc1OC. The predicted molar refractivity (Wildman–Crippen MR) is 140 cm³/mol. The summed E-state index contributed by atoms with van der Waals surface area (Å²) in [5.74, 6) is 0.642. The number of hydrogen-bond acceptors (Lipinski definition) is 8. The standard InChI is InChI=1S/C27H25N3O6S/c1-34-23-14-19(8-13-22(23)36-27(33)35-2)15-28-29-25(32)20-9-11-21(12-10-20)26-30(24(31)17-37-26)16-18-6-4-3-5-7-18/h3-15,26H,16-17H2,1-2H3,(H,29,32)/b28-15-/t26-/m0/s1. The molecule has 0 aromatic heterocycles. The van der Waals surface area contributed by atoms with Gasteiger partial charge in [0, 0.05) is 12.1 Å². The van der Waals surface area contributed by atoms with Crippen LogP contribution in [-0.4, -0.2) is 49.1 Å². The van der Waals surface area contributed by atoms with Gasteiger partial charge in [0.05, 0.1) is 26.2 Å². The van der Waals surface area contributed by atoms with Gasteiger partial charge in [-0.05, 0) is 47.0 Å². The van der Waals surface area contributed by atoms with E-state index in [0.717, 1.165) is 11.1 Å². The molecule has 1 aliphatic heterocycles. The third-order valence-electron chi connectivity index (χ3n) is 5.55. The molecule has 9 nitrogen and oxygen atoms in total. The Morgan fingerprint density at radius 1 is 1.05 bits per heavy atom. The van der Waals surface area contributed by atoms with Crippen LogP contribution in [-0.2, 0) is 16.1 Å². The van der Waals surface area contributed by atoms with Gasteiger partial charge >= 0.3 is 6.16 Å². The predicted octanol–water partition coefficient (Wildman–Crippen LogP) is 4.38. The molecule has 10 heteroatoms. The van der Waals surface area contributed by atoms with E-state index in [4.69, 9.17) is 9.47 Å². The van der Waals surface area contributed by atoms with Crippen LogP contribution in [0.4, 0.5) is 4.79 Å². The van der Waals surface area contributed by atoms with E-state index in [0.29, 0.717) is 29.2 Å². The minimum Gasteiger partial charge on any atom is -0.493 e. The molecular formula is C27H25N3O6S. The largest absolute Gasteiger partial charge is 0.513 e. The van der Waals surface area contributed by atoms with Gasteiger partial charge in [-0.3, -0.25) is 9.59 Å². The zero-order chi connectivity index (χ0) is 26.2. The monoisotopic (exact) mass is 519 g/mol. The lowest BCUT2D eigenvalue weighted by Gasteiger charge is -2.24. The summed E-state index contributed by atoms with van der Waals surface area (Å²) in [6.45, 7) is 0.537. The molecule has 1 fully saturated rings. The van der Waals surface area contributed by atoms with E-state index in [-0.39, 0.29) is 22.9 Å². The average Bonchev–Trinajstić information content (AvgIpc) is 3.29. The molecule has 0 bridgehead atoms. The van der Waals surface area contributed by atoms with Crippen LogP contribution >= 0.6 is 11.8 Å². The second-order valence-corrected chi connectivity index (χ2v) is 9.03. The van der Waals surface area contributed by atoms with Crippen LogP contribution in [0, 0.1) is 0 Å². The number of hydrazone groups is 1. The van der Waals surface area contributed by atoms with Gasteiger partial charge in [0.25, 0.3) is 5.91 Å². The van der Waals surface area contributed by atoms with Crippen LogP contribution in [0.15, 0.2) is 77.9 Å². The Morgan fingerprint density at radius 3 is 2.51 bits per heavy atom. The molecule has 3 aromatic carbocycles. The van der Waals surface area contributed by atoms with Crippen molar-refractivity contribution in [2.45, 2.75) is 11.9 Å². The molecule has 190 valence electrons. The summed E-state index contributed by atoms with van der Waals surface area (Å²) in [7, 11) is 2.65. The first-order valence-corrected chi connectivity index (χ1v) is 12.4. The first-order valence-electron chi connectivity index (χ1n) is 11.3. The van der Waals surface area contributed by atoms with Crippen molar-refractivity contribution in [3.63, 3.8) is 0 Å². The Balaban J connectivity index is 1.37. The Bertz CT molecular complexity index is 1300. The maximum atomic E-state index is 12.6. The number of nitrogens with zero attached hydrogens (tertiary/aromatic N) is 2. The number of thioether (sulfide) groups is 1. The number of hydrogen-bond donors (Lipinski definition) is 1. The van der Waals surface area contributed by atoms with Gasteiger partial charge in [-0.25, -0.2) is 10.2 Å². The van der Waals surface area contributed by atoms with Crippen LogP contribution in [0.2, 0.25) is 0 Å². The van der Waals surface area contributed by atoms with Crippen molar-refractivity contribution in [3.05, 3.63) is 95.1 Å². The topological polar surface area (TPSA) is 107 Å². The van der Waals surface area contributed by atoms with Crippen molar-refractivity contribution in [3.8, 4) is 11.5 Å². The highest BCUT2D eigenvalue weighted by Gasteiger charge is 2.32. The molecule has 0 aliphatic carbocycles. The highest BCUT2D eigenvalue weighted by molar-refractivity contribution is 8.00. The zero-order valence-corrected chi connectivity index (χ0v) is 21.1. The fourth-order valence-corrected chi connectivity index (χ4v) is 4.88. The Labute approximate surface area is 218 Å². The maximum absolute atomic E-state index is 12.6. The summed E-state index contributed by atoms with van der Waals surface area (Å²) in [6.07, 6.45) is 0.582. The van der Waals surface area contributed by atoms with Crippen LogP contribution in [0.1, 0.15) is 32.4 Å². The normalized spacial score (nSPS) is 15.0. The van der Waals surface area contributed by atoms with Crippen molar-refractivity contribution in [1.29, 1.82) is 0 Å². The summed E-state index contributed by atoms with van der Waals surface area (Å²) in [4.78, 5) is 38.2. The molecule has 1 aliphatic rings. The smallest absolute Gasteiger partial charge is 0.493 e. The van der Waals surface area contributed by atoms with E-state index in [1.165, 1.54) is 26.5 Å². The minimum absolute atomic E-state index is 0.0940. The number of carbonyl (C=O) groups is 3. The number of nitrogens with one attached hydrogen (secondary N) is 1. The minimum atomic E-state index is -0.861. The van der Waals surface area contributed by atoms with Crippen LogP contribution in [0.3, 0.4) is 0 Å². The van der Waals surface area contributed by atoms with Gasteiger partial charge < -0.3 is 19.1 Å². The summed E-state index contributed by atoms with van der Waals surface area (Å²) < 4.78 is 14.7. The molecule has 3 aromatic rings. The number of benzene rings is 3. The molecule has 0 spiro atoms. The molecule has 1 atom stereocenters. The van der Waals surface area contributed by atoms with Crippen molar-refractivity contribution >= 4 is 35.9 Å². The molecule has 1 N–H and O–H groups in total. The lowest BCUT2D eigenvalue weighted by atomic mass is 10.1. The third kappa shape index (κ3) is 6.47. The van der Waals surface area contributed by atoms with Crippen molar-refractivity contribution < 1.29 is 28.6 Å². The highest BCUT2D eigenvalue weighted by atomic mass is 32.2. The second-order valence-electron chi connectivity index (χ2n) is 7.96. The first kappa shape index (κ1) is 25.8. The van der Waals surface area contributed by atoms with Crippen LogP contribution in [0.25, 0.3) is 0 Å². The Kier molecular flexibility index (Phi) is 8.42. The van der Waals surface area contributed by atoms with E-state index >= 15 is 0 Å². The second kappa shape index (κ2) is 12.1. The third-order valence-corrected chi connectivity index (χ3v) is 6.81. The number of amides is 2. The Morgan fingerprint density at radius 2 is 1.81 bits per heavy atom. The lowest BCUT2D eigenvalue weighted by molar-refractivity contribution is -0.128. The van der Waals surface area contributed by atoms with Crippen molar-refractivity contribution in [2.24, 2.45) is 5.10 Å². The summed E-state index contributed by atoms with van der Waals surface area (Å²) in [5.41, 5.74) is 5.57. The van der Waals surface area contributed by atoms with Crippen molar-refractivity contribution in [2.75, 3.05) is 20.0 Å². The highest BCUT2D eigenvalue weighted by Crippen LogP contribution is 2.39. The summed E-state index contributed by atoms with van der Waals surface area (Å²) >= 11 is 1.57. The number of carbonyl (C=O) groups excluding carboxylic acids is 3. The van der Waals surface area contributed by atoms with Gasteiger partial charge in [0.2, 0.25) is 5.91 Å².